The average molecular weight is 476 g/mol. The fourth-order valence-corrected chi connectivity index (χ4v) is 4.21. The van der Waals surface area contributed by atoms with Crippen LogP contribution in [0.3, 0.4) is 0 Å². The van der Waals surface area contributed by atoms with Crippen LogP contribution in [-0.4, -0.2) is 53.3 Å². The summed E-state index contributed by atoms with van der Waals surface area (Å²) in [6.45, 7) is 10.1. The van der Waals surface area contributed by atoms with Gasteiger partial charge in [0.15, 0.2) is 0 Å². The summed E-state index contributed by atoms with van der Waals surface area (Å²) in [4.78, 5) is 13.4. The SMILES string of the molecule is CSc1c(Cl)nc(N(C)c2cccc(C(F)(F)F)c2)nc1NCCN(C(C)C)C(C)C. The molecule has 0 atom stereocenters. The van der Waals surface area contributed by atoms with Crippen molar-refractivity contribution in [3.63, 3.8) is 0 Å². The number of halogens is 4. The van der Waals surface area contributed by atoms with Crippen molar-refractivity contribution < 1.29 is 13.2 Å². The van der Waals surface area contributed by atoms with Crippen LogP contribution < -0.4 is 10.2 Å². The molecule has 5 nitrogen and oxygen atoms in total. The zero-order valence-corrected chi connectivity index (χ0v) is 20.2. The molecule has 2 aromatic rings. The zero-order chi connectivity index (χ0) is 23.3. The number of aromatic nitrogens is 2. The van der Waals surface area contributed by atoms with Gasteiger partial charge in [-0.2, -0.15) is 23.1 Å². The van der Waals surface area contributed by atoms with Gasteiger partial charge in [-0.1, -0.05) is 17.7 Å². The van der Waals surface area contributed by atoms with Crippen molar-refractivity contribution in [1.29, 1.82) is 0 Å². The van der Waals surface area contributed by atoms with Crippen LogP contribution in [0.1, 0.15) is 33.3 Å². The third kappa shape index (κ3) is 6.63. The molecule has 1 aromatic carbocycles. The van der Waals surface area contributed by atoms with Crippen molar-refractivity contribution >= 4 is 40.8 Å². The molecule has 31 heavy (non-hydrogen) atoms. The highest BCUT2D eigenvalue weighted by atomic mass is 35.5. The molecule has 1 N–H and O–H groups in total. The summed E-state index contributed by atoms with van der Waals surface area (Å²) in [7, 11) is 1.61. The minimum atomic E-state index is -4.43. The quantitative estimate of drug-likeness (QED) is 0.345. The molecule has 1 aromatic heterocycles. The molecule has 0 aliphatic heterocycles. The lowest BCUT2D eigenvalue weighted by Crippen LogP contribution is -2.40. The Hall–Kier alpha value is -1.71. The summed E-state index contributed by atoms with van der Waals surface area (Å²) in [5, 5.41) is 3.58. The Morgan fingerprint density at radius 3 is 2.32 bits per heavy atom. The van der Waals surface area contributed by atoms with E-state index < -0.39 is 11.7 Å². The van der Waals surface area contributed by atoms with Crippen molar-refractivity contribution in [1.82, 2.24) is 14.9 Å². The van der Waals surface area contributed by atoms with E-state index in [9.17, 15) is 13.2 Å². The Morgan fingerprint density at radius 2 is 1.77 bits per heavy atom. The fourth-order valence-electron chi connectivity index (χ4n) is 3.29. The largest absolute Gasteiger partial charge is 0.416 e. The molecule has 0 saturated heterocycles. The molecule has 1 heterocycles. The number of hydrogen-bond donors (Lipinski definition) is 1. The van der Waals surface area contributed by atoms with Gasteiger partial charge in [0.05, 0.1) is 10.5 Å². The second kappa shape index (κ2) is 10.7. The summed E-state index contributed by atoms with van der Waals surface area (Å²) in [6.07, 6.45) is -2.55. The standard InChI is InChI=1S/C21H29ClF3N5S/c1-13(2)30(14(3)4)11-10-26-19-17(31-6)18(22)27-20(28-19)29(5)16-9-7-8-15(12-16)21(23,24)25/h7-9,12-14H,10-11H2,1-6H3,(H,26,27,28). The smallest absolute Gasteiger partial charge is 0.368 e. The summed E-state index contributed by atoms with van der Waals surface area (Å²) in [5.41, 5.74) is -0.413. The Labute approximate surface area is 191 Å². The number of anilines is 3. The van der Waals surface area contributed by atoms with Gasteiger partial charge in [0.1, 0.15) is 11.0 Å². The van der Waals surface area contributed by atoms with Gasteiger partial charge in [0.25, 0.3) is 0 Å². The lowest BCUT2D eigenvalue weighted by atomic mass is 10.2. The Balaban J connectivity index is 2.29. The molecule has 0 radical (unpaired) electrons. The molecular formula is C21H29ClF3N5S. The molecule has 0 spiro atoms. The van der Waals surface area contributed by atoms with E-state index >= 15 is 0 Å². The monoisotopic (exact) mass is 475 g/mol. The average Bonchev–Trinajstić information content (AvgIpc) is 2.69. The summed E-state index contributed by atoms with van der Waals surface area (Å²) < 4.78 is 39.3. The van der Waals surface area contributed by atoms with Gasteiger partial charge < -0.3 is 10.2 Å². The minimum Gasteiger partial charge on any atom is -0.368 e. The van der Waals surface area contributed by atoms with Gasteiger partial charge in [-0.3, -0.25) is 4.90 Å². The maximum absolute atomic E-state index is 13.1. The van der Waals surface area contributed by atoms with Gasteiger partial charge in [-0.15, -0.1) is 11.8 Å². The van der Waals surface area contributed by atoms with Crippen LogP contribution in [0.15, 0.2) is 29.2 Å². The van der Waals surface area contributed by atoms with Crippen LogP contribution in [0.4, 0.5) is 30.6 Å². The Bertz CT molecular complexity index is 869. The molecule has 0 aliphatic rings. The van der Waals surface area contributed by atoms with Gasteiger partial charge in [0, 0.05) is 37.9 Å². The molecule has 0 saturated carbocycles. The third-order valence-electron chi connectivity index (χ3n) is 4.87. The first kappa shape index (κ1) is 25.5. The molecule has 0 bridgehead atoms. The lowest BCUT2D eigenvalue weighted by molar-refractivity contribution is -0.137. The number of alkyl halides is 3. The van der Waals surface area contributed by atoms with E-state index in [2.05, 4.69) is 47.9 Å². The van der Waals surface area contributed by atoms with Crippen LogP contribution in [-0.2, 0) is 6.18 Å². The van der Waals surface area contributed by atoms with E-state index in [1.165, 1.54) is 22.7 Å². The molecule has 172 valence electrons. The number of thioether (sulfide) groups is 1. The molecule has 0 fully saturated rings. The number of nitrogens with one attached hydrogen (secondary N) is 1. The summed E-state index contributed by atoms with van der Waals surface area (Å²) in [5.74, 6) is 0.781. The Kier molecular flexibility index (Phi) is 8.85. The normalized spacial score (nSPS) is 12.2. The number of hydrogen-bond acceptors (Lipinski definition) is 6. The zero-order valence-electron chi connectivity index (χ0n) is 18.6. The van der Waals surface area contributed by atoms with Gasteiger partial charge >= 0.3 is 6.18 Å². The first-order chi connectivity index (χ1) is 14.5. The van der Waals surface area contributed by atoms with E-state index in [1.54, 1.807) is 13.1 Å². The van der Waals surface area contributed by atoms with Crippen molar-refractivity contribution in [2.24, 2.45) is 0 Å². The van der Waals surface area contributed by atoms with Crippen LogP contribution >= 0.6 is 23.4 Å². The molecule has 0 unspecified atom stereocenters. The highest BCUT2D eigenvalue weighted by molar-refractivity contribution is 7.98. The molecular weight excluding hydrogens is 447 g/mol. The highest BCUT2D eigenvalue weighted by Crippen LogP contribution is 2.35. The fraction of sp³-hybridized carbons (Fsp3) is 0.524. The summed E-state index contributed by atoms with van der Waals surface area (Å²) in [6, 6.07) is 5.83. The second-order valence-corrected chi connectivity index (χ2v) is 8.83. The maximum Gasteiger partial charge on any atom is 0.416 e. The van der Waals surface area contributed by atoms with Crippen molar-refractivity contribution in [3.8, 4) is 0 Å². The molecule has 10 heteroatoms. The van der Waals surface area contributed by atoms with Gasteiger partial charge in [-0.05, 0) is 52.1 Å². The van der Waals surface area contributed by atoms with Crippen LogP contribution in [0.25, 0.3) is 0 Å². The van der Waals surface area contributed by atoms with Gasteiger partial charge in [0.2, 0.25) is 5.95 Å². The van der Waals surface area contributed by atoms with Crippen LogP contribution in [0.2, 0.25) is 5.15 Å². The summed E-state index contributed by atoms with van der Waals surface area (Å²) >= 11 is 7.80. The van der Waals surface area contributed by atoms with E-state index in [-0.39, 0.29) is 11.1 Å². The number of nitrogens with zero attached hydrogens (tertiary/aromatic N) is 4. The van der Waals surface area contributed by atoms with Crippen LogP contribution in [0.5, 0.6) is 0 Å². The number of benzene rings is 1. The highest BCUT2D eigenvalue weighted by Gasteiger charge is 2.31. The first-order valence-corrected chi connectivity index (χ1v) is 11.6. The van der Waals surface area contributed by atoms with Crippen molar-refractivity contribution in [2.45, 2.75) is 50.9 Å². The first-order valence-electron chi connectivity index (χ1n) is 9.97. The van der Waals surface area contributed by atoms with E-state index in [1.807, 2.05) is 6.26 Å². The van der Waals surface area contributed by atoms with Crippen molar-refractivity contribution in [3.05, 3.63) is 35.0 Å². The maximum atomic E-state index is 13.1. The molecule has 0 aliphatic carbocycles. The van der Waals surface area contributed by atoms with E-state index in [0.29, 0.717) is 35.0 Å². The van der Waals surface area contributed by atoms with Gasteiger partial charge in [-0.25, -0.2) is 0 Å². The predicted octanol–water partition coefficient (Wildman–Crippen LogP) is 6.17. The topological polar surface area (TPSA) is 44.3 Å². The second-order valence-electron chi connectivity index (χ2n) is 7.66. The van der Waals surface area contributed by atoms with Crippen molar-refractivity contribution in [2.75, 3.05) is 36.6 Å². The Morgan fingerprint density at radius 1 is 1.13 bits per heavy atom. The third-order valence-corrected chi connectivity index (χ3v) is 6.05. The molecule has 2 rings (SSSR count). The van der Waals surface area contributed by atoms with Crippen LogP contribution in [0, 0.1) is 0 Å². The number of rotatable bonds is 9. The predicted molar refractivity (Wildman–Crippen MR) is 124 cm³/mol. The van der Waals surface area contributed by atoms with E-state index in [4.69, 9.17) is 11.6 Å². The molecule has 0 amide bonds. The minimum absolute atomic E-state index is 0.217. The van der Waals surface area contributed by atoms with E-state index in [0.717, 1.165) is 18.7 Å². The lowest BCUT2D eigenvalue weighted by Gasteiger charge is -2.30.